The van der Waals surface area contributed by atoms with E-state index in [-0.39, 0.29) is 18.6 Å². The molecule has 7 heteroatoms. The van der Waals surface area contributed by atoms with Crippen LogP contribution in [0.5, 0.6) is 5.75 Å². The Kier molecular flexibility index (Phi) is 5.17. The molecule has 0 bridgehead atoms. The fourth-order valence-electron chi connectivity index (χ4n) is 3.34. The molecule has 3 rings (SSSR count). The number of piperidine rings is 1. The molecule has 1 aromatic rings. The summed E-state index contributed by atoms with van der Waals surface area (Å²) in [6.45, 7) is 5.27. The minimum absolute atomic E-state index is 0.0583. The monoisotopic (exact) mass is 351 g/mol. The number of carbonyl (C=O) groups is 1. The van der Waals surface area contributed by atoms with Gasteiger partial charge in [-0.3, -0.25) is 0 Å². The number of hydrogen-bond donors (Lipinski definition) is 2. The van der Waals surface area contributed by atoms with Gasteiger partial charge in [0.05, 0.1) is 19.3 Å². The molecule has 2 fully saturated rings. The first kappa shape index (κ1) is 18.0. The lowest BCUT2D eigenvalue weighted by molar-refractivity contribution is -0.141. The number of nitrogens with zero attached hydrogens (tertiary/aromatic N) is 1. The number of ether oxygens (including phenoxy) is 3. The van der Waals surface area contributed by atoms with E-state index in [2.05, 4.69) is 0 Å². The maximum atomic E-state index is 11.0. The Morgan fingerprint density at radius 2 is 2.08 bits per heavy atom. The van der Waals surface area contributed by atoms with E-state index in [1.807, 2.05) is 38.1 Å². The predicted molar refractivity (Wildman–Crippen MR) is 89.8 cm³/mol. The van der Waals surface area contributed by atoms with Crippen molar-refractivity contribution in [2.75, 3.05) is 26.3 Å². The van der Waals surface area contributed by atoms with Gasteiger partial charge in [0.2, 0.25) is 0 Å². The average Bonchev–Trinajstić information content (AvgIpc) is 2.92. The van der Waals surface area contributed by atoms with Gasteiger partial charge >= 0.3 is 6.09 Å². The number of hydrogen-bond acceptors (Lipinski definition) is 5. The summed E-state index contributed by atoms with van der Waals surface area (Å²) in [4.78, 5) is 12.2. The Hall–Kier alpha value is -1.83. The van der Waals surface area contributed by atoms with E-state index in [0.29, 0.717) is 26.2 Å². The largest absolute Gasteiger partial charge is 0.491 e. The summed E-state index contributed by atoms with van der Waals surface area (Å²) in [5.74, 6) is 0.116. The standard InChI is InChI=1S/C18H25NO6/c1-18(2)24-11-14(25-18)10-23-13-5-3-12(4-6-13)15-7-8-19(17(21)22)9-16(15)20/h3-6,14-16,20H,7-11H2,1-2H3,(H,21,22)/t14-,15+,16-/m0/s1. The molecule has 1 aromatic carbocycles. The number of carboxylic acid groups (broad SMARTS) is 1. The molecular formula is C18H25NO6. The third kappa shape index (κ3) is 4.42. The van der Waals surface area contributed by atoms with Crippen LogP contribution in [0.1, 0.15) is 31.7 Å². The lowest BCUT2D eigenvalue weighted by Crippen LogP contribution is -2.45. The van der Waals surface area contributed by atoms with Crippen molar-refractivity contribution in [2.45, 2.75) is 44.2 Å². The molecule has 25 heavy (non-hydrogen) atoms. The van der Waals surface area contributed by atoms with Crippen molar-refractivity contribution in [3.8, 4) is 5.75 Å². The fourth-order valence-corrected chi connectivity index (χ4v) is 3.34. The van der Waals surface area contributed by atoms with Crippen LogP contribution in [0.3, 0.4) is 0 Å². The van der Waals surface area contributed by atoms with E-state index in [0.717, 1.165) is 11.3 Å². The molecule has 0 radical (unpaired) electrons. The minimum atomic E-state index is -0.984. The van der Waals surface area contributed by atoms with Crippen LogP contribution in [0.15, 0.2) is 24.3 Å². The summed E-state index contributed by atoms with van der Waals surface area (Å²) in [6, 6.07) is 7.59. The zero-order valence-electron chi connectivity index (χ0n) is 14.6. The van der Waals surface area contributed by atoms with Gasteiger partial charge in [-0.1, -0.05) is 12.1 Å². The summed E-state index contributed by atoms with van der Waals surface area (Å²) in [5.41, 5.74) is 0.992. The van der Waals surface area contributed by atoms with Crippen LogP contribution >= 0.6 is 0 Å². The Balaban J connectivity index is 1.53. The Bertz CT molecular complexity index is 602. The molecule has 2 N–H and O–H groups in total. The normalized spacial score (nSPS) is 28.8. The SMILES string of the molecule is CC1(C)OC[C@H](COc2ccc([C@H]3CCN(C(=O)O)C[C@@H]3O)cc2)O1. The van der Waals surface area contributed by atoms with Crippen molar-refractivity contribution in [2.24, 2.45) is 0 Å². The summed E-state index contributed by atoms with van der Waals surface area (Å²) >= 11 is 0. The molecular weight excluding hydrogens is 326 g/mol. The fraction of sp³-hybridized carbons (Fsp3) is 0.611. The summed E-state index contributed by atoms with van der Waals surface area (Å²) < 4.78 is 16.9. The lowest BCUT2D eigenvalue weighted by atomic mass is 9.87. The Morgan fingerprint density at radius 3 is 2.64 bits per heavy atom. The maximum absolute atomic E-state index is 11.0. The van der Waals surface area contributed by atoms with E-state index in [1.165, 1.54) is 4.90 Å². The van der Waals surface area contributed by atoms with Gasteiger partial charge in [-0.2, -0.15) is 0 Å². The summed E-state index contributed by atoms with van der Waals surface area (Å²) in [7, 11) is 0. The van der Waals surface area contributed by atoms with Crippen LogP contribution < -0.4 is 4.74 Å². The molecule has 138 valence electrons. The highest BCUT2D eigenvalue weighted by Gasteiger charge is 2.33. The van der Waals surface area contributed by atoms with Crippen molar-refractivity contribution in [3.63, 3.8) is 0 Å². The summed E-state index contributed by atoms with van der Waals surface area (Å²) in [6.07, 6.45) is -1.15. The number of benzene rings is 1. The van der Waals surface area contributed by atoms with Crippen LogP contribution in [-0.4, -0.2) is 65.5 Å². The third-order valence-electron chi connectivity index (χ3n) is 4.66. The van der Waals surface area contributed by atoms with Gasteiger partial charge in [-0.05, 0) is 38.0 Å². The number of aliphatic hydroxyl groups is 1. The van der Waals surface area contributed by atoms with E-state index in [1.54, 1.807) is 0 Å². The average molecular weight is 351 g/mol. The summed E-state index contributed by atoms with van der Waals surface area (Å²) in [5, 5.41) is 19.3. The van der Waals surface area contributed by atoms with Crippen molar-refractivity contribution in [1.29, 1.82) is 0 Å². The van der Waals surface area contributed by atoms with Crippen LogP contribution in [-0.2, 0) is 9.47 Å². The van der Waals surface area contributed by atoms with Crippen LogP contribution in [0, 0.1) is 0 Å². The molecule has 1 amide bonds. The first-order valence-electron chi connectivity index (χ1n) is 8.54. The quantitative estimate of drug-likeness (QED) is 0.863. The van der Waals surface area contributed by atoms with Gasteiger partial charge in [0.25, 0.3) is 0 Å². The second kappa shape index (κ2) is 7.19. The van der Waals surface area contributed by atoms with Gasteiger partial charge in [-0.15, -0.1) is 0 Å². The lowest BCUT2D eigenvalue weighted by Gasteiger charge is -2.34. The van der Waals surface area contributed by atoms with Crippen molar-refractivity contribution in [3.05, 3.63) is 29.8 Å². The van der Waals surface area contributed by atoms with Gasteiger partial charge in [-0.25, -0.2) is 4.79 Å². The zero-order chi connectivity index (χ0) is 18.0. The maximum Gasteiger partial charge on any atom is 0.407 e. The van der Waals surface area contributed by atoms with E-state index >= 15 is 0 Å². The highest BCUT2D eigenvalue weighted by Crippen LogP contribution is 2.30. The first-order valence-corrected chi connectivity index (χ1v) is 8.54. The molecule has 0 aromatic heterocycles. The van der Waals surface area contributed by atoms with Gasteiger partial charge < -0.3 is 29.3 Å². The highest BCUT2D eigenvalue weighted by molar-refractivity contribution is 5.65. The molecule has 0 spiro atoms. The van der Waals surface area contributed by atoms with E-state index in [9.17, 15) is 9.90 Å². The predicted octanol–water partition coefficient (Wildman–Crippen LogP) is 2.05. The first-order chi connectivity index (χ1) is 11.8. The smallest absolute Gasteiger partial charge is 0.407 e. The molecule has 3 atom stereocenters. The third-order valence-corrected chi connectivity index (χ3v) is 4.66. The number of amides is 1. The Labute approximate surface area is 147 Å². The topological polar surface area (TPSA) is 88.5 Å². The van der Waals surface area contributed by atoms with Gasteiger partial charge in [0.15, 0.2) is 5.79 Å². The zero-order valence-corrected chi connectivity index (χ0v) is 14.6. The number of likely N-dealkylation sites (tertiary alicyclic amines) is 1. The molecule has 2 aliphatic heterocycles. The molecule has 0 unspecified atom stereocenters. The van der Waals surface area contributed by atoms with Gasteiger partial charge in [0.1, 0.15) is 18.5 Å². The number of aliphatic hydroxyl groups excluding tert-OH is 1. The van der Waals surface area contributed by atoms with Crippen molar-refractivity contribution in [1.82, 2.24) is 4.90 Å². The van der Waals surface area contributed by atoms with Crippen molar-refractivity contribution >= 4 is 6.09 Å². The number of rotatable bonds is 4. The molecule has 2 saturated heterocycles. The molecule has 7 nitrogen and oxygen atoms in total. The van der Waals surface area contributed by atoms with Gasteiger partial charge in [0, 0.05) is 12.5 Å². The van der Waals surface area contributed by atoms with Crippen LogP contribution in [0.4, 0.5) is 4.79 Å². The van der Waals surface area contributed by atoms with Crippen molar-refractivity contribution < 1.29 is 29.2 Å². The minimum Gasteiger partial charge on any atom is -0.491 e. The van der Waals surface area contributed by atoms with E-state index < -0.39 is 18.0 Å². The van der Waals surface area contributed by atoms with Crippen LogP contribution in [0.25, 0.3) is 0 Å². The van der Waals surface area contributed by atoms with E-state index in [4.69, 9.17) is 19.3 Å². The number of β-amino-alcohol motifs (C(OH)–C–C–N with tert-alkyl or cyclic N) is 1. The molecule has 2 heterocycles. The second-order valence-electron chi connectivity index (χ2n) is 7.02. The van der Waals surface area contributed by atoms with Crippen LogP contribution in [0.2, 0.25) is 0 Å². The highest BCUT2D eigenvalue weighted by atomic mass is 16.7. The molecule has 2 aliphatic rings. The molecule has 0 aliphatic carbocycles. The molecule has 0 saturated carbocycles. The Morgan fingerprint density at radius 1 is 1.36 bits per heavy atom. The second-order valence-corrected chi connectivity index (χ2v) is 7.02.